The van der Waals surface area contributed by atoms with E-state index in [0.29, 0.717) is 13.1 Å². The van der Waals surface area contributed by atoms with E-state index in [1.165, 1.54) is 11.1 Å². The van der Waals surface area contributed by atoms with Crippen LogP contribution in [0.15, 0.2) is 47.5 Å². The van der Waals surface area contributed by atoms with Gasteiger partial charge in [-0.05, 0) is 56.8 Å². The van der Waals surface area contributed by atoms with Gasteiger partial charge in [-0.2, -0.15) is 0 Å². The number of hydrogen-bond acceptors (Lipinski definition) is 4. The van der Waals surface area contributed by atoms with Gasteiger partial charge in [0.05, 0.1) is 13.7 Å². The van der Waals surface area contributed by atoms with Gasteiger partial charge in [-0.3, -0.25) is 4.99 Å². The number of hydrogen-bond donors (Lipinski definition) is 2. The number of nitrogens with zero attached hydrogens (tertiary/aromatic N) is 2. The Bertz CT molecular complexity index is 773. The van der Waals surface area contributed by atoms with Crippen LogP contribution < -0.4 is 20.1 Å². The Morgan fingerprint density at radius 3 is 2.41 bits per heavy atom. The lowest BCUT2D eigenvalue weighted by Crippen LogP contribution is -2.36. The van der Waals surface area contributed by atoms with Gasteiger partial charge in [-0.25, -0.2) is 0 Å². The summed E-state index contributed by atoms with van der Waals surface area (Å²) in [5.74, 6) is 2.53. The van der Waals surface area contributed by atoms with Gasteiger partial charge in [0.2, 0.25) is 0 Å². The van der Waals surface area contributed by atoms with E-state index in [2.05, 4.69) is 65.8 Å². The molecule has 6 heteroatoms. The Morgan fingerprint density at radius 1 is 1.03 bits per heavy atom. The van der Waals surface area contributed by atoms with Crippen molar-refractivity contribution in [3.8, 4) is 11.5 Å². The number of benzene rings is 2. The van der Waals surface area contributed by atoms with Gasteiger partial charge >= 0.3 is 0 Å². The predicted molar refractivity (Wildman–Crippen MR) is 120 cm³/mol. The average molecular weight is 399 g/mol. The van der Waals surface area contributed by atoms with Crippen LogP contribution in [-0.4, -0.2) is 52.3 Å². The van der Waals surface area contributed by atoms with E-state index >= 15 is 0 Å². The van der Waals surface area contributed by atoms with Gasteiger partial charge in [0, 0.05) is 32.2 Å². The topological polar surface area (TPSA) is 58.1 Å². The van der Waals surface area contributed by atoms with Crippen LogP contribution in [0.4, 0.5) is 0 Å². The van der Waals surface area contributed by atoms with Crippen LogP contribution in [0, 0.1) is 6.92 Å². The Morgan fingerprint density at radius 2 is 1.76 bits per heavy atom. The summed E-state index contributed by atoms with van der Waals surface area (Å²) < 4.78 is 11.2. The number of guanidine groups is 1. The molecule has 0 spiro atoms. The molecule has 0 aliphatic carbocycles. The maximum atomic E-state index is 5.78. The van der Waals surface area contributed by atoms with Gasteiger partial charge in [0.1, 0.15) is 11.5 Å². The molecule has 0 saturated heterocycles. The van der Waals surface area contributed by atoms with Crippen molar-refractivity contribution in [2.24, 2.45) is 4.99 Å². The maximum absolute atomic E-state index is 5.78. The lowest BCUT2D eigenvalue weighted by atomic mass is 10.1. The van der Waals surface area contributed by atoms with Crippen molar-refractivity contribution in [3.05, 3.63) is 59.2 Å². The lowest BCUT2D eigenvalue weighted by molar-refractivity contribution is 0.281. The molecule has 2 rings (SSSR count). The molecule has 2 aromatic carbocycles. The van der Waals surface area contributed by atoms with Crippen molar-refractivity contribution in [2.45, 2.75) is 26.4 Å². The van der Waals surface area contributed by atoms with Crippen LogP contribution in [0.2, 0.25) is 0 Å². The van der Waals surface area contributed by atoms with Crippen molar-refractivity contribution >= 4 is 5.96 Å². The molecule has 2 aromatic rings. The minimum Gasteiger partial charge on any atom is -0.496 e. The number of aliphatic imine (C=N–C) groups is 1. The van der Waals surface area contributed by atoms with Gasteiger partial charge in [-0.1, -0.05) is 24.3 Å². The van der Waals surface area contributed by atoms with Gasteiger partial charge in [0.25, 0.3) is 0 Å². The van der Waals surface area contributed by atoms with E-state index in [1.807, 2.05) is 18.2 Å². The van der Waals surface area contributed by atoms with Crippen molar-refractivity contribution in [3.63, 3.8) is 0 Å². The molecule has 0 aliphatic heterocycles. The highest BCUT2D eigenvalue weighted by Gasteiger charge is 2.05. The van der Waals surface area contributed by atoms with Crippen molar-refractivity contribution in [1.82, 2.24) is 15.5 Å². The molecular weight excluding hydrogens is 364 g/mol. The third-order valence-electron chi connectivity index (χ3n) is 4.51. The molecule has 0 unspecified atom stereocenters. The van der Waals surface area contributed by atoms with Crippen LogP contribution in [0.3, 0.4) is 0 Å². The highest BCUT2D eigenvalue weighted by atomic mass is 16.5. The summed E-state index contributed by atoms with van der Waals surface area (Å²) in [5, 5.41) is 6.68. The van der Waals surface area contributed by atoms with Crippen molar-refractivity contribution in [2.75, 3.05) is 41.4 Å². The van der Waals surface area contributed by atoms with Gasteiger partial charge in [-0.15, -0.1) is 0 Å². The Hall–Kier alpha value is -2.73. The van der Waals surface area contributed by atoms with Crippen LogP contribution in [0.25, 0.3) is 0 Å². The molecule has 0 atom stereocenters. The van der Waals surface area contributed by atoms with Crippen molar-refractivity contribution in [1.29, 1.82) is 0 Å². The SMILES string of the molecule is CN=C(NCc1ccc(OCCCN(C)C)cc1)NCc1ccc(C)cc1OC. The van der Waals surface area contributed by atoms with E-state index < -0.39 is 0 Å². The molecule has 0 saturated carbocycles. The fourth-order valence-corrected chi connectivity index (χ4v) is 2.86. The van der Waals surface area contributed by atoms with E-state index in [1.54, 1.807) is 14.2 Å². The van der Waals surface area contributed by atoms with Crippen LogP contribution in [0.1, 0.15) is 23.1 Å². The molecule has 0 heterocycles. The quantitative estimate of drug-likeness (QED) is 0.366. The molecule has 0 aliphatic rings. The molecule has 0 fully saturated rings. The first kappa shape index (κ1) is 22.6. The number of rotatable bonds is 10. The summed E-state index contributed by atoms with van der Waals surface area (Å²) in [6.45, 7) is 5.15. The number of nitrogens with one attached hydrogen (secondary N) is 2. The smallest absolute Gasteiger partial charge is 0.191 e. The first-order chi connectivity index (χ1) is 14.0. The Kier molecular flexibility index (Phi) is 9.31. The minimum absolute atomic E-state index is 0.642. The third kappa shape index (κ3) is 8.03. The summed E-state index contributed by atoms with van der Waals surface area (Å²) in [4.78, 5) is 6.46. The molecule has 158 valence electrons. The second-order valence-corrected chi connectivity index (χ2v) is 7.24. The number of aryl methyl sites for hydroxylation is 1. The van der Waals surface area contributed by atoms with Crippen molar-refractivity contribution < 1.29 is 9.47 Å². The molecule has 0 radical (unpaired) electrons. The summed E-state index contributed by atoms with van der Waals surface area (Å²) in [7, 11) is 7.61. The molecule has 0 bridgehead atoms. The van der Waals surface area contributed by atoms with E-state index in [9.17, 15) is 0 Å². The zero-order chi connectivity index (χ0) is 21.1. The third-order valence-corrected chi connectivity index (χ3v) is 4.51. The summed E-state index contributed by atoms with van der Waals surface area (Å²) in [6.07, 6.45) is 1.02. The first-order valence-electron chi connectivity index (χ1n) is 9.96. The highest BCUT2D eigenvalue weighted by Crippen LogP contribution is 2.19. The Labute approximate surface area is 174 Å². The summed E-state index contributed by atoms with van der Waals surface area (Å²) in [5.41, 5.74) is 3.44. The molecule has 6 nitrogen and oxygen atoms in total. The number of ether oxygens (including phenoxy) is 2. The fourth-order valence-electron chi connectivity index (χ4n) is 2.86. The van der Waals surface area contributed by atoms with Crippen LogP contribution in [-0.2, 0) is 13.1 Å². The zero-order valence-corrected chi connectivity index (χ0v) is 18.3. The van der Waals surface area contributed by atoms with E-state index in [4.69, 9.17) is 9.47 Å². The fraction of sp³-hybridized carbons (Fsp3) is 0.435. The summed E-state index contributed by atoms with van der Waals surface area (Å²) in [6, 6.07) is 14.4. The van der Waals surface area contributed by atoms with E-state index in [0.717, 1.165) is 42.6 Å². The van der Waals surface area contributed by atoms with Crippen LogP contribution in [0.5, 0.6) is 11.5 Å². The summed E-state index contributed by atoms with van der Waals surface area (Å²) >= 11 is 0. The highest BCUT2D eigenvalue weighted by molar-refractivity contribution is 5.79. The molecular formula is C23H34N4O2. The second kappa shape index (κ2) is 12.0. The molecule has 29 heavy (non-hydrogen) atoms. The molecule has 0 amide bonds. The monoisotopic (exact) mass is 398 g/mol. The Balaban J connectivity index is 1.79. The van der Waals surface area contributed by atoms with E-state index in [-0.39, 0.29) is 0 Å². The zero-order valence-electron chi connectivity index (χ0n) is 18.3. The standard InChI is InChI=1S/C23H34N4O2/c1-18-7-10-20(22(15-18)28-5)17-26-23(24-2)25-16-19-8-11-21(12-9-19)29-14-6-13-27(3)4/h7-12,15H,6,13-14,16-17H2,1-5H3,(H2,24,25,26). The molecule has 2 N–H and O–H groups in total. The minimum atomic E-state index is 0.642. The molecule has 0 aromatic heterocycles. The second-order valence-electron chi connectivity index (χ2n) is 7.24. The number of methoxy groups -OCH3 is 1. The normalized spacial score (nSPS) is 11.4. The predicted octanol–water partition coefficient (Wildman–Crippen LogP) is 3.20. The van der Waals surface area contributed by atoms with Crippen LogP contribution >= 0.6 is 0 Å². The largest absolute Gasteiger partial charge is 0.496 e. The average Bonchev–Trinajstić information content (AvgIpc) is 2.72. The maximum Gasteiger partial charge on any atom is 0.191 e. The first-order valence-corrected chi connectivity index (χ1v) is 9.96. The lowest BCUT2D eigenvalue weighted by Gasteiger charge is -2.14. The van der Waals surface area contributed by atoms with Gasteiger partial charge < -0.3 is 25.0 Å². The van der Waals surface area contributed by atoms with Gasteiger partial charge in [0.15, 0.2) is 5.96 Å².